The molecule has 1 aliphatic heterocycles. The second-order valence-electron chi connectivity index (χ2n) is 3.33. The number of hydrazine groups is 1. The first-order chi connectivity index (χ1) is 6.68. The molecule has 1 unspecified atom stereocenters. The third-order valence-electron chi connectivity index (χ3n) is 2.43. The van der Waals surface area contributed by atoms with Crippen LogP contribution in [-0.2, 0) is 0 Å². The molecule has 2 rings (SSSR count). The van der Waals surface area contributed by atoms with Crippen molar-refractivity contribution < 1.29 is 0 Å². The first-order valence-electron chi connectivity index (χ1n) is 4.44. The number of rotatable bonds is 1. The molecule has 2 heterocycles. The van der Waals surface area contributed by atoms with Crippen molar-refractivity contribution in [3.63, 3.8) is 0 Å². The van der Waals surface area contributed by atoms with E-state index in [1.165, 1.54) is 0 Å². The van der Waals surface area contributed by atoms with E-state index in [0.717, 1.165) is 10.2 Å². The molecule has 1 aliphatic rings. The molecule has 0 saturated heterocycles. The Bertz CT molecular complexity index is 364. The fourth-order valence-electron chi connectivity index (χ4n) is 1.50. The van der Waals surface area contributed by atoms with E-state index < -0.39 is 0 Å². The molecule has 0 aromatic carbocycles. The molecule has 0 aliphatic carbocycles. The third kappa shape index (κ3) is 1.67. The van der Waals surface area contributed by atoms with E-state index in [4.69, 9.17) is 0 Å². The van der Waals surface area contributed by atoms with Crippen LogP contribution in [0, 0.1) is 0 Å². The van der Waals surface area contributed by atoms with Crippen LogP contribution < -0.4 is 0 Å². The highest BCUT2D eigenvalue weighted by Gasteiger charge is 2.22. The van der Waals surface area contributed by atoms with Crippen molar-refractivity contribution in [2.75, 3.05) is 14.1 Å². The van der Waals surface area contributed by atoms with Gasteiger partial charge >= 0.3 is 0 Å². The fourth-order valence-corrected chi connectivity index (χ4v) is 1.86. The molecule has 0 radical (unpaired) electrons. The van der Waals surface area contributed by atoms with E-state index in [-0.39, 0.29) is 6.04 Å². The molecule has 3 nitrogen and oxygen atoms in total. The monoisotopic (exact) mass is 253 g/mol. The molecule has 4 heteroatoms. The number of halogens is 1. The zero-order chi connectivity index (χ0) is 10.1. The molecular weight excluding hydrogens is 242 g/mol. The van der Waals surface area contributed by atoms with E-state index >= 15 is 0 Å². The molecule has 0 amide bonds. The summed E-state index contributed by atoms with van der Waals surface area (Å²) in [5, 5.41) is 4.18. The number of pyridine rings is 1. The maximum Gasteiger partial charge on any atom is 0.0909 e. The molecule has 0 bridgehead atoms. The van der Waals surface area contributed by atoms with E-state index in [1.807, 2.05) is 43.6 Å². The van der Waals surface area contributed by atoms with Crippen LogP contribution in [0.5, 0.6) is 0 Å². The van der Waals surface area contributed by atoms with Crippen LogP contribution in [0.25, 0.3) is 0 Å². The highest BCUT2D eigenvalue weighted by molar-refractivity contribution is 9.10. The normalized spacial score (nSPS) is 21.9. The summed E-state index contributed by atoms with van der Waals surface area (Å²) >= 11 is 3.45. The van der Waals surface area contributed by atoms with Crippen LogP contribution in [0.4, 0.5) is 0 Å². The van der Waals surface area contributed by atoms with Crippen molar-refractivity contribution in [3.05, 3.63) is 40.8 Å². The number of hydrogen-bond acceptors (Lipinski definition) is 3. The number of hydrogen-bond donors (Lipinski definition) is 0. The number of aromatic nitrogens is 1. The third-order valence-corrected chi connectivity index (χ3v) is 2.92. The van der Waals surface area contributed by atoms with Gasteiger partial charge < -0.3 is 5.01 Å². The molecule has 1 aromatic heterocycles. The van der Waals surface area contributed by atoms with Gasteiger partial charge in [-0.25, -0.2) is 5.01 Å². The molecule has 14 heavy (non-hydrogen) atoms. The quantitative estimate of drug-likeness (QED) is 0.765. The topological polar surface area (TPSA) is 19.4 Å². The van der Waals surface area contributed by atoms with Crippen LogP contribution in [0.2, 0.25) is 0 Å². The predicted octanol–water partition coefficient (Wildman–Crippen LogP) is 2.19. The summed E-state index contributed by atoms with van der Waals surface area (Å²) in [6.45, 7) is 0. The lowest BCUT2D eigenvalue weighted by atomic mass is 10.2. The Morgan fingerprint density at radius 3 is 2.79 bits per heavy atom. The Labute approximate surface area is 92.1 Å². The maximum atomic E-state index is 4.36. The van der Waals surface area contributed by atoms with Crippen LogP contribution in [0.1, 0.15) is 11.7 Å². The van der Waals surface area contributed by atoms with Gasteiger partial charge in [-0.15, -0.1) is 0 Å². The van der Waals surface area contributed by atoms with Crippen molar-refractivity contribution in [3.8, 4) is 0 Å². The van der Waals surface area contributed by atoms with Crippen LogP contribution in [0.3, 0.4) is 0 Å². The second-order valence-corrected chi connectivity index (χ2v) is 4.25. The van der Waals surface area contributed by atoms with E-state index in [1.54, 1.807) is 0 Å². The minimum absolute atomic E-state index is 0.248. The van der Waals surface area contributed by atoms with Gasteiger partial charge in [0.05, 0.1) is 11.7 Å². The summed E-state index contributed by atoms with van der Waals surface area (Å²) in [5.74, 6) is 0. The lowest BCUT2D eigenvalue weighted by molar-refractivity contribution is 0.0720. The molecule has 0 fully saturated rings. The summed E-state index contributed by atoms with van der Waals surface area (Å²) in [7, 11) is 4.07. The molecular formula is C10H12BrN3. The van der Waals surface area contributed by atoms with Gasteiger partial charge in [-0.3, -0.25) is 4.98 Å². The average Bonchev–Trinajstić information content (AvgIpc) is 2.48. The van der Waals surface area contributed by atoms with E-state index in [9.17, 15) is 0 Å². The highest BCUT2D eigenvalue weighted by Crippen LogP contribution is 2.26. The van der Waals surface area contributed by atoms with Crippen LogP contribution >= 0.6 is 15.9 Å². The van der Waals surface area contributed by atoms with Crippen molar-refractivity contribution in [2.45, 2.75) is 6.04 Å². The van der Waals surface area contributed by atoms with Crippen molar-refractivity contribution in [2.24, 2.45) is 0 Å². The summed E-state index contributed by atoms with van der Waals surface area (Å²) in [6.07, 6.45) is 6.00. The Hall–Kier alpha value is -0.870. The maximum absolute atomic E-state index is 4.36. The van der Waals surface area contributed by atoms with Crippen LogP contribution in [-0.4, -0.2) is 29.1 Å². The summed E-state index contributed by atoms with van der Waals surface area (Å²) in [4.78, 5) is 4.36. The molecule has 0 N–H and O–H groups in total. The van der Waals surface area contributed by atoms with Gasteiger partial charge in [-0.2, -0.15) is 0 Å². The zero-order valence-corrected chi connectivity index (χ0v) is 9.77. The Morgan fingerprint density at radius 1 is 1.43 bits per heavy atom. The molecule has 0 spiro atoms. The average molecular weight is 254 g/mol. The highest BCUT2D eigenvalue weighted by atomic mass is 79.9. The summed E-state index contributed by atoms with van der Waals surface area (Å²) in [6, 6.07) is 4.23. The van der Waals surface area contributed by atoms with E-state index in [2.05, 4.69) is 32.0 Å². The molecule has 1 aromatic rings. The number of nitrogens with zero attached hydrogens (tertiary/aromatic N) is 3. The van der Waals surface area contributed by atoms with Gasteiger partial charge in [0, 0.05) is 31.0 Å². The Balaban J connectivity index is 2.28. The van der Waals surface area contributed by atoms with E-state index in [0.29, 0.717) is 0 Å². The van der Waals surface area contributed by atoms with Gasteiger partial charge in [0.1, 0.15) is 0 Å². The minimum atomic E-state index is 0.248. The van der Waals surface area contributed by atoms with Crippen molar-refractivity contribution in [1.82, 2.24) is 15.0 Å². The predicted molar refractivity (Wildman–Crippen MR) is 59.3 cm³/mol. The van der Waals surface area contributed by atoms with Gasteiger partial charge in [-0.1, -0.05) is 15.9 Å². The Morgan fingerprint density at radius 2 is 2.21 bits per heavy atom. The van der Waals surface area contributed by atoms with Gasteiger partial charge in [0.25, 0.3) is 0 Å². The van der Waals surface area contributed by atoms with Crippen LogP contribution in [0.15, 0.2) is 35.1 Å². The SMILES string of the molecule is CN1C=CC(c2cc(Br)ccn2)N1C. The smallest absolute Gasteiger partial charge is 0.0909 e. The minimum Gasteiger partial charge on any atom is -0.316 e. The molecule has 1 atom stereocenters. The van der Waals surface area contributed by atoms with Gasteiger partial charge in [-0.05, 0) is 18.2 Å². The lowest BCUT2D eigenvalue weighted by Gasteiger charge is -2.26. The fraction of sp³-hybridized carbons (Fsp3) is 0.300. The molecule has 0 saturated carbocycles. The van der Waals surface area contributed by atoms with Crippen molar-refractivity contribution in [1.29, 1.82) is 0 Å². The standard InChI is InChI=1S/C10H12BrN3/c1-13-6-4-10(14(13)2)9-7-8(11)3-5-12-9/h3-7,10H,1-2H3. The largest absolute Gasteiger partial charge is 0.316 e. The molecule has 74 valence electrons. The van der Waals surface area contributed by atoms with Gasteiger partial charge in [0.15, 0.2) is 0 Å². The summed E-state index contributed by atoms with van der Waals surface area (Å²) in [5.41, 5.74) is 1.06. The summed E-state index contributed by atoms with van der Waals surface area (Å²) < 4.78 is 1.07. The van der Waals surface area contributed by atoms with Crippen molar-refractivity contribution >= 4 is 15.9 Å². The zero-order valence-electron chi connectivity index (χ0n) is 8.18. The first kappa shape index (κ1) is 9.68. The second kappa shape index (κ2) is 3.71. The number of likely N-dealkylation sites (N-methyl/N-ethyl adjacent to an activating group) is 1. The Kier molecular flexibility index (Phi) is 2.56. The van der Waals surface area contributed by atoms with Gasteiger partial charge in [0.2, 0.25) is 0 Å². The first-order valence-corrected chi connectivity index (χ1v) is 5.23. The lowest BCUT2D eigenvalue weighted by Crippen LogP contribution is -2.30.